The highest BCUT2D eigenvalue weighted by molar-refractivity contribution is 5.92. The van der Waals surface area contributed by atoms with Crippen LogP contribution in [0.5, 0.6) is 0 Å². The van der Waals surface area contributed by atoms with Crippen LogP contribution in [-0.2, 0) is 9.47 Å². The molecule has 0 radical (unpaired) electrons. The van der Waals surface area contributed by atoms with Crippen LogP contribution in [-0.4, -0.2) is 73.2 Å². The average molecular weight is 399 g/mol. The number of anilines is 2. The summed E-state index contributed by atoms with van der Waals surface area (Å²) in [5.74, 6) is -0.332. The monoisotopic (exact) mass is 399 g/mol. The molecular weight excluding hydrogens is 374 g/mol. The number of carbonyl (C=O) groups excluding carboxylic acids is 2. The minimum atomic E-state index is -0.403. The van der Waals surface area contributed by atoms with Crippen molar-refractivity contribution in [2.24, 2.45) is 0 Å². The highest BCUT2D eigenvalue weighted by Crippen LogP contribution is 2.15. The smallest absolute Gasteiger partial charge is 0.337 e. The Labute approximate surface area is 169 Å². The van der Waals surface area contributed by atoms with Crippen LogP contribution in [0.3, 0.4) is 0 Å². The molecule has 1 aliphatic heterocycles. The third kappa shape index (κ3) is 5.97. The van der Waals surface area contributed by atoms with Crippen molar-refractivity contribution in [2.45, 2.75) is 6.92 Å². The van der Waals surface area contributed by atoms with Crippen LogP contribution < -0.4 is 10.6 Å². The Balaban J connectivity index is 1.59. The van der Waals surface area contributed by atoms with Gasteiger partial charge < -0.3 is 20.1 Å². The van der Waals surface area contributed by atoms with E-state index in [-0.39, 0.29) is 5.91 Å². The maximum absolute atomic E-state index is 12.5. The van der Waals surface area contributed by atoms with Crippen LogP contribution in [0.2, 0.25) is 0 Å². The molecule has 2 N–H and O–H groups in total. The van der Waals surface area contributed by atoms with Crippen LogP contribution in [0.4, 0.5) is 11.6 Å². The van der Waals surface area contributed by atoms with E-state index in [1.54, 1.807) is 37.3 Å². The second-order valence-electron chi connectivity index (χ2n) is 6.62. The highest BCUT2D eigenvalue weighted by Gasteiger charge is 2.13. The fraction of sp³-hybridized carbons (Fsp3) is 0.400. The summed E-state index contributed by atoms with van der Waals surface area (Å²) < 4.78 is 10.0. The molecule has 0 spiro atoms. The van der Waals surface area contributed by atoms with Crippen molar-refractivity contribution in [1.82, 2.24) is 20.2 Å². The van der Waals surface area contributed by atoms with Gasteiger partial charge in [-0.25, -0.2) is 14.8 Å². The lowest BCUT2D eigenvalue weighted by atomic mass is 10.2. The number of carbonyl (C=O) groups is 2. The molecule has 29 heavy (non-hydrogen) atoms. The van der Waals surface area contributed by atoms with E-state index in [1.165, 1.54) is 7.11 Å². The quantitative estimate of drug-likeness (QED) is 0.673. The Bertz CT molecular complexity index is 850. The van der Waals surface area contributed by atoms with Crippen LogP contribution >= 0.6 is 0 Å². The summed E-state index contributed by atoms with van der Waals surface area (Å²) in [6.45, 7) is 6.34. The van der Waals surface area contributed by atoms with E-state index < -0.39 is 5.97 Å². The van der Waals surface area contributed by atoms with Crippen molar-refractivity contribution in [1.29, 1.82) is 0 Å². The fourth-order valence-electron chi connectivity index (χ4n) is 2.92. The third-order valence-electron chi connectivity index (χ3n) is 4.47. The van der Waals surface area contributed by atoms with Gasteiger partial charge in [0, 0.05) is 37.6 Å². The van der Waals surface area contributed by atoms with Crippen molar-refractivity contribution < 1.29 is 19.1 Å². The molecule has 0 saturated carbocycles. The van der Waals surface area contributed by atoms with Gasteiger partial charge in [0.15, 0.2) is 0 Å². The van der Waals surface area contributed by atoms with Gasteiger partial charge in [-0.3, -0.25) is 9.69 Å². The number of methoxy groups -OCH3 is 1. The predicted molar refractivity (Wildman–Crippen MR) is 107 cm³/mol. The summed E-state index contributed by atoms with van der Waals surface area (Å²) in [5, 5.41) is 5.96. The minimum Gasteiger partial charge on any atom is -0.465 e. The number of esters is 1. The van der Waals surface area contributed by atoms with Gasteiger partial charge in [0.25, 0.3) is 5.91 Å². The number of aryl methyl sites for hydroxylation is 1. The number of aromatic nitrogens is 2. The topological polar surface area (TPSA) is 106 Å². The van der Waals surface area contributed by atoms with Gasteiger partial charge in [-0.05, 0) is 37.3 Å². The van der Waals surface area contributed by atoms with E-state index in [0.717, 1.165) is 32.8 Å². The standard InChI is InChI=1S/C20H25N5O4/c1-14-13-17(18(26)21-7-8-25-9-11-29-12-10-25)24-20(22-14)23-16-5-3-15(4-6-16)19(27)28-2/h3-6,13H,7-12H2,1-2H3,(H,21,26)(H,22,23,24). The molecule has 9 nitrogen and oxygen atoms in total. The maximum atomic E-state index is 12.5. The van der Waals surface area contributed by atoms with E-state index in [4.69, 9.17) is 4.74 Å². The Morgan fingerprint density at radius 1 is 1.17 bits per heavy atom. The van der Waals surface area contributed by atoms with Crippen LogP contribution in [0.1, 0.15) is 26.5 Å². The van der Waals surface area contributed by atoms with E-state index in [2.05, 4.69) is 30.2 Å². The number of ether oxygens (including phenoxy) is 2. The number of hydrogen-bond donors (Lipinski definition) is 2. The Morgan fingerprint density at radius 2 is 1.90 bits per heavy atom. The van der Waals surface area contributed by atoms with E-state index in [1.807, 2.05) is 0 Å². The first-order chi connectivity index (χ1) is 14.0. The number of nitrogens with zero attached hydrogens (tertiary/aromatic N) is 3. The van der Waals surface area contributed by atoms with Gasteiger partial charge >= 0.3 is 5.97 Å². The minimum absolute atomic E-state index is 0.243. The molecule has 1 amide bonds. The SMILES string of the molecule is COC(=O)c1ccc(Nc2nc(C)cc(C(=O)NCCN3CCOCC3)n2)cc1. The zero-order chi connectivity index (χ0) is 20.6. The Hall–Kier alpha value is -3.04. The summed E-state index contributed by atoms with van der Waals surface area (Å²) >= 11 is 0. The summed E-state index contributed by atoms with van der Waals surface area (Å²) in [6.07, 6.45) is 0. The summed E-state index contributed by atoms with van der Waals surface area (Å²) in [4.78, 5) is 34.9. The zero-order valence-corrected chi connectivity index (χ0v) is 16.6. The molecular formula is C20H25N5O4. The van der Waals surface area contributed by atoms with Crippen molar-refractivity contribution >= 4 is 23.5 Å². The van der Waals surface area contributed by atoms with Gasteiger partial charge in [-0.2, -0.15) is 0 Å². The molecule has 1 aliphatic rings. The highest BCUT2D eigenvalue weighted by atomic mass is 16.5. The second-order valence-corrected chi connectivity index (χ2v) is 6.62. The van der Waals surface area contributed by atoms with E-state index >= 15 is 0 Å². The average Bonchev–Trinajstić information content (AvgIpc) is 2.74. The molecule has 1 aromatic carbocycles. The summed E-state index contributed by atoms with van der Waals surface area (Å²) in [7, 11) is 1.34. The van der Waals surface area contributed by atoms with Gasteiger partial charge in [0.2, 0.25) is 5.95 Å². The number of rotatable bonds is 7. The van der Waals surface area contributed by atoms with Crippen molar-refractivity contribution in [3.05, 3.63) is 47.3 Å². The summed E-state index contributed by atoms with van der Waals surface area (Å²) in [6, 6.07) is 8.38. The lowest BCUT2D eigenvalue weighted by Gasteiger charge is -2.26. The maximum Gasteiger partial charge on any atom is 0.337 e. The lowest BCUT2D eigenvalue weighted by molar-refractivity contribution is 0.0383. The lowest BCUT2D eigenvalue weighted by Crippen LogP contribution is -2.41. The third-order valence-corrected chi connectivity index (χ3v) is 4.47. The first-order valence-electron chi connectivity index (χ1n) is 9.44. The van der Waals surface area contributed by atoms with Crippen molar-refractivity contribution in [3.63, 3.8) is 0 Å². The first-order valence-corrected chi connectivity index (χ1v) is 9.44. The molecule has 2 heterocycles. The molecule has 0 bridgehead atoms. The van der Waals surface area contributed by atoms with E-state index in [0.29, 0.717) is 35.1 Å². The largest absolute Gasteiger partial charge is 0.465 e. The van der Waals surface area contributed by atoms with Crippen LogP contribution in [0.15, 0.2) is 30.3 Å². The van der Waals surface area contributed by atoms with E-state index in [9.17, 15) is 9.59 Å². The molecule has 154 valence electrons. The molecule has 1 saturated heterocycles. The number of benzene rings is 1. The molecule has 0 unspecified atom stereocenters. The van der Waals surface area contributed by atoms with Crippen LogP contribution in [0, 0.1) is 6.92 Å². The number of nitrogens with one attached hydrogen (secondary N) is 2. The van der Waals surface area contributed by atoms with Crippen molar-refractivity contribution in [3.8, 4) is 0 Å². The molecule has 0 aliphatic carbocycles. The number of hydrogen-bond acceptors (Lipinski definition) is 8. The van der Waals surface area contributed by atoms with Gasteiger partial charge in [-0.15, -0.1) is 0 Å². The second kappa shape index (κ2) is 9.94. The van der Waals surface area contributed by atoms with Gasteiger partial charge in [0.1, 0.15) is 5.69 Å². The number of morpholine rings is 1. The van der Waals surface area contributed by atoms with Gasteiger partial charge in [-0.1, -0.05) is 0 Å². The van der Waals surface area contributed by atoms with Crippen molar-refractivity contribution in [2.75, 3.05) is 51.8 Å². The fourth-order valence-corrected chi connectivity index (χ4v) is 2.92. The Kier molecular flexibility index (Phi) is 7.09. The number of amides is 1. The molecule has 2 aromatic rings. The Morgan fingerprint density at radius 3 is 2.59 bits per heavy atom. The predicted octanol–water partition coefficient (Wildman–Crippen LogP) is 1.38. The molecule has 1 fully saturated rings. The van der Waals surface area contributed by atoms with Gasteiger partial charge in [0.05, 0.1) is 25.9 Å². The first kappa shape index (κ1) is 20.7. The molecule has 1 aromatic heterocycles. The molecule has 9 heteroatoms. The zero-order valence-electron chi connectivity index (χ0n) is 16.6. The molecule has 0 atom stereocenters. The van der Waals surface area contributed by atoms with Crippen LogP contribution in [0.25, 0.3) is 0 Å². The molecule has 3 rings (SSSR count). The summed E-state index contributed by atoms with van der Waals surface area (Å²) in [5.41, 5.74) is 2.12. The normalized spacial score (nSPS) is 14.3.